The molecule has 0 aliphatic heterocycles. The number of furan rings is 1. The number of nitrogens with one attached hydrogen (secondary N) is 1. The Labute approximate surface area is 163 Å². The lowest BCUT2D eigenvalue weighted by Crippen LogP contribution is -2.13. The molecule has 2 heterocycles. The third kappa shape index (κ3) is 4.89. The van der Waals surface area contributed by atoms with Crippen molar-refractivity contribution in [3.63, 3.8) is 0 Å². The van der Waals surface area contributed by atoms with E-state index in [0.29, 0.717) is 22.9 Å². The molecule has 2 aromatic rings. The fraction of sp³-hybridized carbons (Fsp3) is 0.429. The average molecular weight is 388 g/mol. The van der Waals surface area contributed by atoms with Crippen molar-refractivity contribution in [3.05, 3.63) is 45.7 Å². The van der Waals surface area contributed by atoms with Crippen LogP contribution in [0, 0.1) is 6.92 Å². The number of rotatable bonds is 6. The number of esters is 1. The third-order valence-electron chi connectivity index (χ3n) is 4.46. The zero-order valence-corrected chi connectivity index (χ0v) is 16.6. The summed E-state index contributed by atoms with van der Waals surface area (Å²) in [7, 11) is 0. The largest absolute Gasteiger partial charge is 0.462 e. The van der Waals surface area contributed by atoms with Crippen molar-refractivity contribution in [1.29, 1.82) is 0 Å². The minimum atomic E-state index is -0.336. The van der Waals surface area contributed by atoms with Gasteiger partial charge >= 0.3 is 5.97 Å². The molecule has 3 rings (SSSR count). The van der Waals surface area contributed by atoms with Crippen molar-refractivity contribution in [2.75, 3.05) is 11.9 Å². The summed E-state index contributed by atoms with van der Waals surface area (Å²) < 4.78 is 10.8. The number of hydrogen-bond acceptors (Lipinski definition) is 5. The first-order valence-corrected chi connectivity index (χ1v) is 10.3. The second-order valence-electron chi connectivity index (χ2n) is 6.68. The van der Waals surface area contributed by atoms with Gasteiger partial charge in [-0.3, -0.25) is 4.79 Å². The summed E-state index contributed by atoms with van der Waals surface area (Å²) >= 11 is 1.50. The number of ether oxygens (including phenoxy) is 1. The molecule has 1 amide bonds. The van der Waals surface area contributed by atoms with Crippen molar-refractivity contribution >= 4 is 34.3 Å². The van der Waals surface area contributed by atoms with E-state index >= 15 is 0 Å². The molecule has 5 nitrogen and oxygen atoms in total. The van der Waals surface area contributed by atoms with Gasteiger partial charge < -0.3 is 14.5 Å². The van der Waals surface area contributed by atoms with Gasteiger partial charge in [-0.15, -0.1) is 11.3 Å². The second-order valence-corrected chi connectivity index (χ2v) is 7.78. The molecule has 0 unspecified atom stereocenters. The molecule has 0 saturated heterocycles. The van der Waals surface area contributed by atoms with E-state index < -0.39 is 0 Å². The fourth-order valence-electron chi connectivity index (χ4n) is 3.17. The van der Waals surface area contributed by atoms with Gasteiger partial charge in [0.15, 0.2) is 0 Å². The number of carbonyl (C=O) groups excluding carboxylic acids is 2. The number of thiophene rings is 1. The standard InChI is InChI=1S/C21H25NO4S/c1-3-13-25-21(24)19-16-7-5-4-6-8-17(16)27-20(19)22-18(23)12-11-15-10-9-14(2)26-15/h9-12H,3-8,13H2,1-2H3,(H,22,23). The lowest BCUT2D eigenvalue weighted by Gasteiger charge is -2.08. The Morgan fingerprint density at radius 2 is 2.07 bits per heavy atom. The van der Waals surface area contributed by atoms with Crippen molar-refractivity contribution in [3.8, 4) is 0 Å². The summed E-state index contributed by atoms with van der Waals surface area (Å²) in [4.78, 5) is 26.2. The molecule has 0 atom stereocenters. The van der Waals surface area contributed by atoms with Crippen LogP contribution in [0.25, 0.3) is 6.08 Å². The van der Waals surface area contributed by atoms with Gasteiger partial charge in [-0.25, -0.2) is 4.79 Å². The van der Waals surface area contributed by atoms with Gasteiger partial charge in [-0.2, -0.15) is 0 Å². The minimum Gasteiger partial charge on any atom is -0.462 e. The average Bonchev–Trinajstić information content (AvgIpc) is 3.13. The maximum absolute atomic E-state index is 12.6. The van der Waals surface area contributed by atoms with Gasteiger partial charge in [0.25, 0.3) is 0 Å². The SMILES string of the molecule is CCCOC(=O)c1c(NC(=O)C=Cc2ccc(C)o2)sc2c1CCCCC2. The highest BCUT2D eigenvalue weighted by atomic mass is 32.1. The number of carbonyl (C=O) groups is 2. The van der Waals surface area contributed by atoms with Crippen LogP contribution in [0.1, 0.15) is 64.9 Å². The van der Waals surface area contributed by atoms with Gasteiger partial charge in [0.1, 0.15) is 16.5 Å². The topological polar surface area (TPSA) is 68.5 Å². The van der Waals surface area contributed by atoms with E-state index in [4.69, 9.17) is 9.15 Å². The first-order chi connectivity index (χ1) is 13.1. The predicted molar refractivity (Wildman–Crippen MR) is 107 cm³/mol. The second kappa shape index (κ2) is 9.04. The van der Waals surface area contributed by atoms with Gasteiger partial charge in [0, 0.05) is 11.0 Å². The van der Waals surface area contributed by atoms with Gasteiger partial charge in [-0.1, -0.05) is 13.3 Å². The van der Waals surface area contributed by atoms with E-state index in [9.17, 15) is 9.59 Å². The fourth-order valence-corrected chi connectivity index (χ4v) is 4.45. The zero-order valence-electron chi connectivity index (χ0n) is 15.8. The molecule has 0 fully saturated rings. The molecule has 1 aliphatic carbocycles. The highest BCUT2D eigenvalue weighted by molar-refractivity contribution is 7.17. The van der Waals surface area contributed by atoms with E-state index in [-0.39, 0.29) is 11.9 Å². The van der Waals surface area contributed by atoms with E-state index in [2.05, 4.69) is 5.32 Å². The van der Waals surface area contributed by atoms with Gasteiger partial charge in [0.05, 0.1) is 12.2 Å². The molecule has 144 valence electrons. The number of anilines is 1. The minimum absolute atomic E-state index is 0.287. The van der Waals surface area contributed by atoms with E-state index in [1.54, 1.807) is 12.1 Å². The number of aryl methyl sites for hydroxylation is 2. The Balaban J connectivity index is 1.81. The Morgan fingerprint density at radius 3 is 2.81 bits per heavy atom. The number of amides is 1. The molecular weight excluding hydrogens is 362 g/mol. The quantitative estimate of drug-likeness (QED) is 0.423. The third-order valence-corrected chi connectivity index (χ3v) is 5.67. The predicted octanol–water partition coefficient (Wildman–Crippen LogP) is 5.14. The van der Waals surface area contributed by atoms with Crippen LogP contribution in [0.15, 0.2) is 22.6 Å². The number of fused-ring (bicyclic) bond motifs is 1. The summed E-state index contributed by atoms with van der Waals surface area (Å²) in [5, 5.41) is 3.46. The Morgan fingerprint density at radius 1 is 1.26 bits per heavy atom. The summed E-state index contributed by atoms with van der Waals surface area (Å²) in [5.74, 6) is 0.785. The van der Waals surface area contributed by atoms with Crippen molar-refractivity contribution in [1.82, 2.24) is 0 Å². The zero-order chi connectivity index (χ0) is 19.2. The highest BCUT2D eigenvalue weighted by Gasteiger charge is 2.26. The first kappa shape index (κ1) is 19.4. The molecule has 0 radical (unpaired) electrons. The molecule has 0 aromatic carbocycles. The molecular formula is C21H25NO4S. The summed E-state index contributed by atoms with van der Waals surface area (Å²) in [6, 6.07) is 3.65. The maximum Gasteiger partial charge on any atom is 0.341 e. The van der Waals surface area contributed by atoms with Crippen LogP contribution in [-0.2, 0) is 22.4 Å². The van der Waals surface area contributed by atoms with Crippen molar-refractivity contribution < 1.29 is 18.7 Å². The molecule has 2 aromatic heterocycles. The van der Waals surface area contributed by atoms with Crippen LogP contribution >= 0.6 is 11.3 Å². The van der Waals surface area contributed by atoms with E-state index in [0.717, 1.165) is 49.8 Å². The first-order valence-electron chi connectivity index (χ1n) is 9.45. The van der Waals surface area contributed by atoms with Crippen LogP contribution in [0.2, 0.25) is 0 Å². The van der Waals surface area contributed by atoms with Crippen LogP contribution in [0.4, 0.5) is 5.00 Å². The molecule has 27 heavy (non-hydrogen) atoms. The van der Waals surface area contributed by atoms with Gasteiger partial charge in [-0.05, 0) is 62.8 Å². The summed E-state index contributed by atoms with van der Waals surface area (Å²) in [6.45, 7) is 4.20. The van der Waals surface area contributed by atoms with Crippen LogP contribution in [0.5, 0.6) is 0 Å². The summed E-state index contributed by atoms with van der Waals surface area (Å²) in [6.07, 6.45) is 8.96. The smallest absolute Gasteiger partial charge is 0.341 e. The summed E-state index contributed by atoms with van der Waals surface area (Å²) in [5.41, 5.74) is 1.60. The molecule has 0 bridgehead atoms. The lowest BCUT2D eigenvalue weighted by molar-refractivity contribution is -0.111. The highest BCUT2D eigenvalue weighted by Crippen LogP contribution is 2.38. The van der Waals surface area contributed by atoms with Crippen LogP contribution < -0.4 is 5.32 Å². The Bertz CT molecular complexity index is 846. The molecule has 6 heteroatoms. The molecule has 1 aliphatic rings. The van der Waals surface area contributed by atoms with Gasteiger partial charge in [0.2, 0.25) is 5.91 Å². The van der Waals surface area contributed by atoms with E-state index in [1.807, 2.05) is 19.9 Å². The molecule has 1 N–H and O–H groups in total. The Hall–Kier alpha value is -2.34. The number of hydrogen-bond donors (Lipinski definition) is 1. The molecule has 0 spiro atoms. The molecule has 0 saturated carbocycles. The monoisotopic (exact) mass is 387 g/mol. The maximum atomic E-state index is 12.6. The Kier molecular flexibility index (Phi) is 6.50. The van der Waals surface area contributed by atoms with E-state index in [1.165, 1.54) is 22.3 Å². The normalized spacial score (nSPS) is 14.0. The van der Waals surface area contributed by atoms with Crippen LogP contribution in [-0.4, -0.2) is 18.5 Å². The van der Waals surface area contributed by atoms with Crippen molar-refractivity contribution in [2.45, 2.75) is 52.4 Å². The van der Waals surface area contributed by atoms with Crippen molar-refractivity contribution in [2.24, 2.45) is 0 Å². The van der Waals surface area contributed by atoms with Crippen LogP contribution in [0.3, 0.4) is 0 Å². The lowest BCUT2D eigenvalue weighted by atomic mass is 10.1.